The molecule has 0 radical (unpaired) electrons. The Morgan fingerprint density at radius 2 is 1.87 bits per heavy atom. The first-order valence-corrected chi connectivity index (χ1v) is 9.06. The molecule has 0 unspecified atom stereocenters. The van der Waals surface area contributed by atoms with Crippen LogP contribution in [0.5, 0.6) is 5.75 Å². The Kier molecular flexibility index (Phi) is 2.99. The second-order valence-corrected chi connectivity index (χ2v) is 7.82. The minimum absolute atomic E-state index is 0.300. The highest BCUT2D eigenvalue weighted by Gasteiger charge is 2.55. The standard InChI is InChI=1S/C19H24N2O2/c22-15-3-1-2-14(10-15)16-11-21(19(23)13-4-5-13)17-12-6-8-20(9-7-12)18(16)17/h1-3,10,12-13,16-18,22H,4-9,11H2/t16-,17+,18+/m0/s1. The number of amides is 1. The molecule has 0 aromatic heterocycles. The Bertz CT molecular complexity index is 634. The van der Waals surface area contributed by atoms with Gasteiger partial charge < -0.3 is 10.0 Å². The van der Waals surface area contributed by atoms with Crippen LogP contribution in [0, 0.1) is 11.8 Å². The number of rotatable bonds is 2. The van der Waals surface area contributed by atoms with Crippen molar-refractivity contribution < 1.29 is 9.90 Å². The van der Waals surface area contributed by atoms with Crippen molar-refractivity contribution in [2.24, 2.45) is 11.8 Å². The van der Waals surface area contributed by atoms with Crippen molar-refractivity contribution in [3.8, 4) is 5.75 Å². The Labute approximate surface area is 137 Å². The fourth-order valence-electron chi connectivity index (χ4n) is 5.29. The molecule has 4 heterocycles. The van der Waals surface area contributed by atoms with Crippen molar-refractivity contribution in [3.63, 3.8) is 0 Å². The van der Waals surface area contributed by atoms with Crippen LogP contribution in [0.1, 0.15) is 37.2 Å². The van der Waals surface area contributed by atoms with Gasteiger partial charge in [0.25, 0.3) is 0 Å². The van der Waals surface area contributed by atoms with Crippen molar-refractivity contribution in [1.82, 2.24) is 9.80 Å². The van der Waals surface area contributed by atoms with Gasteiger partial charge in [0.05, 0.1) is 6.04 Å². The van der Waals surface area contributed by atoms with E-state index in [4.69, 9.17) is 0 Å². The zero-order valence-electron chi connectivity index (χ0n) is 13.4. The fraction of sp³-hybridized carbons (Fsp3) is 0.632. The average Bonchev–Trinajstić information content (AvgIpc) is 3.34. The second kappa shape index (κ2) is 4.97. The summed E-state index contributed by atoms with van der Waals surface area (Å²) < 4.78 is 0. The smallest absolute Gasteiger partial charge is 0.226 e. The molecule has 23 heavy (non-hydrogen) atoms. The summed E-state index contributed by atoms with van der Waals surface area (Å²) in [7, 11) is 0. The molecular weight excluding hydrogens is 288 g/mol. The van der Waals surface area contributed by atoms with Crippen LogP contribution in [-0.4, -0.2) is 52.5 Å². The molecule has 122 valence electrons. The predicted octanol–water partition coefficient (Wildman–Crippen LogP) is 2.19. The average molecular weight is 312 g/mol. The monoisotopic (exact) mass is 312 g/mol. The number of carbonyl (C=O) groups excluding carboxylic acids is 1. The lowest BCUT2D eigenvalue weighted by molar-refractivity contribution is -0.137. The second-order valence-electron chi connectivity index (χ2n) is 7.82. The molecule has 1 aliphatic carbocycles. The molecule has 4 saturated heterocycles. The van der Waals surface area contributed by atoms with Gasteiger partial charge in [0.1, 0.15) is 5.75 Å². The Morgan fingerprint density at radius 1 is 1.09 bits per heavy atom. The first-order valence-electron chi connectivity index (χ1n) is 9.06. The normalized spacial score (nSPS) is 38.6. The quantitative estimate of drug-likeness (QED) is 0.910. The fourth-order valence-corrected chi connectivity index (χ4v) is 5.29. The van der Waals surface area contributed by atoms with Crippen LogP contribution in [0.3, 0.4) is 0 Å². The first-order chi connectivity index (χ1) is 11.2. The molecule has 6 rings (SSSR count). The van der Waals surface area contributed by atoms with Gasteiger partial charge in [-0.2, -0.15) is 0 Å². The van der Waals surface area contributed by atoms with E-state index in [0.717, 1.165) is 19.4 Å². The van der Waals surface area contributed by atoms with Crippen molar-refractivity contribution >= 4 is 5.91 Å². The molecule has 3 atom stereocenters. The number of aromatic hydroxyl groups is 1. The molecule has 0 spiro atoms. The summed E-state index contributed by atoms with van der Waals surface area (Å²) in [5, 5.41) is 9.88. The zero-order chi connectivity index (χ0) is 15.6. The SMILES string of the molecule is O=C(C1CC1)N1C[C@@H](c2cccc(O)c2)[C@@H]2[C@H]1C1CCN2CC1. The van der Waals surface area contributed by atoms with Gasteiger partial charge in [-0.3, -0.25) is 9.69 Å². The number of hydrogen-bond acceptors (Lipinski definition) is 3. The van der Waals surface area contributed by atoms with E-state index in [1.807, 2.05) is 12.1 Å². The van der Waals surface area contributed by atoms with Crippen LogP contribution in [0.2, 0.25) is 0 Å². The molecule has 1 N–H and O–H groups in total. The van der Waals surface area contributed by atoms with Crippen LogP contribution in [-0.2, 0) is 4.79 Å². The Balaban J connectivity index is 1.53. The lowest BCUT2D eigenvalue weighted by Crippen LogP contribution is -2.60. The summed E-state index contributed by atoms with van der Waals surface area (Å²) >= 11 is 0. The largest absolute Gasteiger partial charge is 0.508 e. The van der Waals surface area contributed by atoms with E-state index in [9.17, 15) is 9.90 Å². The van der Waals surface area contributed by atoms with Gasteiger partial charge in [-0.15, -0.1) is 0 Å². The molecule has 4 nitrogen and oxygen atoms in total. The molecule has 1 saturated carbocycles. The molecule has 2 bridgehead atoms. The number of hydrogen-bond donors (Lipinski definition) is 1. The third-order valence-electron chi connectivity index (χ3n) is 6.50. The minimum atomic E-state index is 0.300. The highest BCUT2D eigenvalue weighted by molar-refractivity contribution is 5.82. The highest BCUT2D eigenvalue weighted by Crippen LogP contribution is 2.48. The van der Waals surface area contributed by atoms with Gasteiger partial charge in [-0.25, -0.2) is 0 Å². The maximum absolute atomic E-state index is 12.8. The van der Waals surface area contributed by atoms with E-state index < -0.39 is 0 Å². The van der Waals surface area contributed by atoms with Crippen molar-refractivity contribution in [2.75, 3.05) is 19.6 Å². The van der Waals surface area contributed by atoms with Gasteiger partial charge in [0.15, 0.2) is 0 Å². The van der Waals surface area contributed by atoms with Crippen LogP contribution in [0.15, 0.2) is 24.3 Å². The third-order valence-corrected chi connectivity index (χ3v) is 6.50. The summed E-state index contributed by atoms with van der Waals surface area (Å²) in [6.07, 6.45) is 4.64. The van der Waals surface area contributed by atoms with Gasteiger partial charge >= 0.3 is 0 Å². The van der Waals surface area contributed by atoms with Gasteiger partial charge in [-0.05, 0) is 62.4 Å². The van der Waals surface area contributed by atoms with Gasteiger partial charge in [0, 0.05) is 24.4 Å². The van der Waals surface area contributed by atoms with E-state index in [-0.39, 0.29) is 0 Å². The van der Waals surface area contributed by atoms with Gasteiger partial charge in [0.2, 0.25) is 5.91 Å². The van der Waals surface area contributed by atoms with Crippen molar-refractivity contribution in [1.29, 1.82) is 0 Å². The third kappa shape index (κ3) is 2.11. The molecule has 5 fully saturated rings. The zero-order valence-corrected chi connectivity index (χ0v) is 13.4. The van der Waals surface area contributed by atoms with E-state index in [1.165, 1.54) is 31.5 Å². The van der Waals surface area contributed by atoms with E-state index in [2.05, 4.69) is 15.9 Å². The number of carbonyl (C=O) groups is 1. The van der Waals surface area contributed by atoms with Crippen LogP contribution < -0.4 is 0 Å². The summed E-state index contributed by atoms with van der Waals surface area (Å²) in [4.78, 5) is 17.7. The number of phenolic OH excluding ortho intramolecular Hbond substituents is 1. The topological polar surface area (TPSA) is 43.8 Å². The minimum Gasteiger partial charge on any atom is -0.508 e. The highest BCUT2D eigenvalue weighted by atomic mass is 16.3. The Hall–Kier alpha value is -1.55. The van der Waals surface area contributed by atoms with E-state index in [1.54, 1.807) is 6.07 Å². The van der Waals surface area contributed by atoms with Crippen LogP contribution in [0.25, 0.3) is 0 Å². The number of fused-ring (bicyclic) bond motifs is 2. The molecule has 1 amide bonds. The lowest BCUT2D eigenvalue weighted by atomic mass is 9.75. The summed E-state index contributed by atoms with van der Waals surface area (Å²) in [5.74, 6) is 2.06. The summed E-state index contributed by atoms with van der Waals surface area (Å²) in [5.41, 5.74) is 1.19. The molecule has 1 aromatic rings. The van der Waals surface area contributed by atoms with Crippen LogP contribution in [0.4, 0.5) is 0 Å². The predicted molar refractivity (Wildman–Crippen MR) is 87.2 cm³/mol. The molecule has 5 aliphatic rings. The summed E-state index contributed by atoms with van der Waals surface area (Å²) in [6.45, 7) is 3.18. The number of nitrogens with zero attached hydrogens (tertiary/aromatic N) is 2. The molecule has 4 heteroatoms. The molecule has 4 aliphatic heterocycles. The maximum atomic E-state index is 12.8. The van der Waals surface area contributed by atoms with Crippen molar-refractivity contribution in [2.45, 2.75) is 43.7 Å². The lowest BCUT2D eigenvalue weighted by Gasteiger charge is -2.51. The van der Waals surface area contributed by atoms with Crippen molar-refractivity contribution in [3.05, 3.63) is 29.8 Å². The maximum Gasteiger partial charge on any atom is 0.226 e. The molecular formula is C19H24N2O2. The van der Waals surface area contributed by atoms with Gasteiger partial charge in [-0.1, -0.05) is 12.1 Å². The van der Waals surface area contributed by atoms with Crippen LogP contribution >= 0.6 is 0 Å². The Morgan fingerprint density at radius 3 is 2.57 bits per heavy atom. The van der Waals surface area contributed by atoms with E-state index in [0.29, 0.717) is 41.5 Å². The summed E-state index contributed by atoms with van der Waals surface area (Å²) in [6, 6.07) is 8.54. The number of likely N-dealkylation sites (tertiary alicyclic amines) is 1. The number of piperidine rings is 3. The molecule has 1 aromatic carbocycles. The number of phenols is 1. The first kappa shape index (κ1) is 13.8. The number of benzene rings is 1. The van der Waals surface area contributed by atoms with E-state index >= 15 is 0 Å².